The van der Waals surface area contributed by atoms with Crippen LogP contribution < -0.4 is 9.47 Å². The molecule has 7 nitrogen and oxygen atoms in total. The number of methoxy groups -OCH3 is 1. The summed E-state index contributed by atoms with van der Waals surface area (Å²) in [6, 6.07) is 22.8. The van der Waals surface area contributed by atoms with Gasteiger partial charge in [-0.05, 0) is 42.5 Å². The number of aromatic nitrogens is 2. The Balaban J connectivity index is 1.46. The van der Waals surface area contributed by atoms with Crippen LogP contribution in [0.15, 0.2) is 108 Å². The Labute approximate surface area is 207 Å². The zero-order valence-electron chi connectivity index (χ0n) is 19.4. The third kappa shape index (κ3) is 3.96. The molecule has 0 fully saturated rings. The molecule has 0 radical (unpaired) electrons. The molecule has 36 heavy (non-hydrogen) atoms. The van der Waals surface area contributed by atoms with E-state index in [0.717, 1.165) is 28.0 Å². The summed E-state index contributed by atoms with van der Waals surface area (Å²) in [5.74, 6) is 1.79. The highest BCUT2D eigenvalue weighted by molar-refractivity contribution is 6.15. The van der Waals surface area contributed by atoms with Crippen molar-refractivity contribution in [2.24, 2.45) is 4.99 Å². The highest BCUT2D eigenvalue weighted by Crippen LogP contribution is 2.40. The average Bonchev–Trinajstić information content (AvgIpc) is 3.58. The first-order valence-corrected chi connectivity index (χ1v) is 11.4. The van der Waals surface area contributed by atoms with Gasteiger partial charge in [0.2, 0.25) is 5.90 Å². The summed E-state index contributed by atoms with van der Waals surface area (Å²) in [7, 11) is 1.65. The molecule has 2 aliphatic heterocycles. The minimum atomic E-state index is -0.494. The number of carbonyl (C=O) groups excluding carboxylic acids is 1. The fourth-order valence-corrected chi connectivity index (χ4v) is 4.29. The summed E-state index contributed by atoms with van der Waals surface area (Å²) >= 11 is 0. The second-order valence-electron chi connectivity index (χ2n) is 8.30. The number of allylic oxidation sites excluding steroid dienone is 2. The number of carbonyl (C=O) groups is 1. The van der Waals surface area contributed by atoms with Gasteiger partial charge in [-0.3, -0.25) is 0 Å². The molecular formula is C29H21N3O4. The number of cyclic esters (lactones) is 1. The van der Waals surface area contributed by atoms with Crippen LogP contribution in [0.4, 0.5) is 0 Å². The number of aliphatic imine (C=N–C) groups is 1. The van der Waals surface area contributed by atoms with E-state index in [4.69, 9.17) is 14.2 Å². The van der Waals surface area contributed by atoms with Crippen molar-refractivity contribution >= 4 is 23.2 Å². The van der Waals surface area contributed by atoms with Crippen molar-refractivity contribution in [2.75, 3.05) is 7.11 Å². The van der Waals surface area contributed by atoms with Crippen LogP contribution in [0.5, 0.6) is 11.5 Å². The summed E-state index contributed by atoms with van der Waals surface area (Å²) in [5, 5.41) is 0. The van der Waals surface area contributed by atoms with E-state index >= 15 is 0 Å². The van der Waals surface area contributed by atoms with E-state index in [1.165, 1.54) is 0 Å². The normalized spacial score (nSPS) is 16.5. The summed E-state index contributed by atoms with van der Waals surface area (Å²) in [6.45, 7) is 0.589. The maximum Gasteiger partial charge on any atom is 0.364 e. The molecule has 4 aromatic rings. The van der Waals surface area contributed by atoms with Gasteiger partial charge in [0.15, 0.2) is 5.70 Å². The molecule has 2 aliphatic rings. The van der Waals surface area contributed by atoms with Crippen LogP contribution in [0, 0.1) is 0 Å². The fraction of sp³-hybridized carbons (Fsp3) is 0.0690. The molecule has 0 N–H and O–H groups in total. The first kappa shape index (κ1) is 21.6. The fourth-order valence-electron chi connectivity index (χ4n) is 4.29. The lowest BCUT2D eigenvalue weighted by Gasteiger charge is -2.21. The van der Waals surface area contributed by atoms with E-state index < -0.39 is 5.97 Å². The van der Waals surface area contributed by atoms with E-state index in [1.807, 2.05) is 89.6 Å². The number of esters is 1. The number of rotatable bonds is 5. The summed E-state index contributed by atoms with van der Waals surface area (Å²) in [4.78, 5) is 21.6. The van der Waals surface area contributed by atoms with Gasteiger partial charge in [-0.25, -0.2) is 14.8 Å². The van der Waals surface area contributed by atoms with E-state index in [2.05, 4.69) is 9.98 Å². The summed E-state index contributed by atoms with van der Waals surface area (Å²) < 4.78 is 19.4. The van der Waals surface area contributed by atoms with Crippen molar-refractivity contribution in [1.29, 1.82) is 0 Å². The number of ether oxygens (including phenoxy) is 3. The molecular weight excluding hydrogens is 454 g/mol. The van der Waals surface area contributed by atoms with Crippen molar-refractivity contribution in [3.63, 3.8) is 0 Å². The van der Waals surface area contributed by atoms with Crippen molar-refractivity contribution in [3.8, 4) is 11.5 Å². The topological polar surface area (TPSA) is 74.9 Å². The smallest absolute Gasteiger partial charge is 0.364 e. The Hall–Kier alpha value is -4.91. The highest BCUT2D eigenvalue weighted by atomic mass is 16.6. The molecule has 176 valence electrons. The van der Waals surface area contributed by atoms with Crippen LogP contribution in [-0.4, -0.2) is 28.5 Å². The molecule has 0 aliphatic carbocycles. The molecule has 0 saturated carbocycles. The maximum absolute atomic E-state index is 12.9. The van der Waals surface area contributed by atoms with Crippen molar-refractivity contribution in [3.05, 3.63) is 126 Å². The lowest BCUT2D eigenvalue weighted by Crippen LogP contribution is -2.09. The molecule has 0 bridgehead atoms. The first-order chi connectivity index (χ1) is 17.7. The number of fused-ring (bicyclic) bond motifs is 1. The van der Waals surface area contributed by atoms with Gasteiger partial charge in [-0.1, -0.05) is 36.4 Å². The standard InChI is InChI=1S/C29H21N3O4/c1-34-24-12-11-20(15-21(24)17-32-14-13-30-18-32)26-16-23(22-9-5-6-10-25(22)35-26)27-29(33)36-28(31-27)19-7-3-2-4-8-19/h2-16,18H,17H2,1H3/b27-23-. The van der Waals surface area contributed by atoms with E-state index in [-0.39, 0.29) is 11.6 Å². The summed E-state index contributed by atoms with van der Waals surface area (Å²) in [5.41, 5.74) is 4.22. The van der Waals surface area contributed by atoms with Gasteiger partial charge < -0.3 is 18.8 Å². The van der Waals surface area contributed by atoms with Gasteiger partial charge in [0.25, 0.3) is 0 Å². The van der Waals surface area contributed by atoms with Crippen LogP contribution >= 0.6 is 0 Å². The zero-order valence-corrected chi connectivity index (χ0v) is 19.4. The molecule has 3 aromatic carbocycles. The van der Waals surface area contributed by atoms with Gasteiger partial charge in [0.05, 0.1) is 20.0 Å². The molecule has 0 saturated heterocycles. The van der Waals surface area contributed by atoms with E-state index in [1.54, 1.807) is 19.6 Å². The average molecular weight is 476 g/mol. The monoisotopic (exact) mass is 475 g/mol. The molecule has 0 spiro atoms. The van der Waals surface area contributed by atoms with Gasteiger partial charge in [-0.2, -0.15) is 0 Å². The van der Waals surface area contributed by atoms with Crippen molar-refractivity contribution in [1.82, 2.24) is 9.55 Å². The Bertz CT molecular complexity index is 1550. The third-order valence-electron chi connectivity index (χ3n) is 6.02. The van der Waals surface area contributed by atoms with Gasteiger partial charge in [0.1, 0.15) is 17.3 Å². The molecule has 3 heterocycles. The maximum atomic E-state index is 12.9. The minimum absolute atomic E-state index is 0.245. The van der Waals surface area contributed by atoms with E-state index in [0.29, 0.717) is 23.6 Å². The third-order valence-corrected chi connectivity index (χ3v) is 6.02. The lowest BCUT2D eigenvalue weighted by molar-refractivity contribution is -0.129. The Morgan fingerprint density at radius 1 is 0.944 bits per heavy atom. The van der Waals surface area contributed by atoms with Gasteiger partial charge in [-0.15, -0.1) is 0 Å². The number of para-hydroxylation sites is 1. The Morgan fingerprint density at radius 3 is 2.58 bits per heavy atom. The second-order valence-corrected chi connectivity index (χ2v) is 8.30. The first-order valence-electron chi connectivity index (χ1n) is 11.4. The van der Waals surface area contributed by atoms with Crippen LogP contribution in [0.3, 0.4) is 0 Å². The molecule has 0 amide bonds. The van der Waals surface area contributed by atoms with Crippen molar-refractivity contribution in [2.45, 2.75) is 6.54 Å². The number of hydrogen-bond donors (Lipinski definition) is 0. The second kappa shape index (κ2) is 9.03. The van der Waals surface area contributed by atoms with Gasteiger partial charge in [0, 0.05) is 40.2 Å². The van der Waals surface area contributed by atoms with Crippen LogP contribution in [0.2, 0.25) is 0 Å². The SMILES string of the molecule is COc1ccc(C2=C/C(=C3/N=C(c4ccccc4)OC3=O)c3ccccc3O2)cc1Cn1ccnc1. The van der Waals surface area contributed by atoms with Crippen LogP contribution in [-0.2, 0) is 16.1 Å². The Morgan fingerprint density at radius 2 is 1.78 bits per heavy atom. The van der Waals surface area contributed by atoms with Crippen LogP contribution in [0.1, 0.15) is 22.3 Å². The highest BCUT2D eigenvalue weighted by Gasteiger charge is 2.30. The van der Waals surface area contributed by atoms with Crippen LogP contribution in [0.25, 0.3) is 11.3 Å². The zero-order chi connectivity index (χ0) is 24.5. The number of imidazole rings is 1. The van der Waals surface area contributed by atoms with Crippen molar-refractivity contribution < 1.29 is 19.0 Å². The molecule has 1 aromatic heterocycles. The molecule has 0 atom stereocenters. The van der Waals surface area contributed by atoms with Gasteiger partial charge >= 0.3 is 5.97 Å². The predicted octanol–water partition coefficient (Wildman–Crippen LogP) is 5.09. The minimum Gasteiger partial charge on any atom is -0.496 e. The van der Waals surface area contributed by atoms with E-state index in [9.17, 15) is 4.79 Å². The summed E-state index contributed by atoms with van der Waals surface area (Å²) in [6.07, 6.45) is 7.24. The number of benzene rings is 3. The number of nitrogens with zero attached hydrogens (tertiary/aromatic N) is 3. The molecule has 6 rings (SSSR count). The Kier molecular flexibility index (Phi) is 5.42. The number of hydrogen-bond acceptors (Lipinski definition) is 6. The molecule has 7 heteroatoms. The predicted molar refractivity (Wildman–Crippen MR) is 135 cm³/mol. The largest absolute Gasteiger partial charge is 0.496 e. The molecule has 0 unspecified atom stereocenters. The lowest BCUT2D eigenvalue weighted by atomic mass is 9.97. The quantitative estimate of drug-likeness (QED) is 0.297.